The normalized spacial score (nSPS) is 17.9. The van der Waals surface area contributed by atoms with Gasteiger partial charge in [0.1, 0.15) is 5.78 Å². The molecule has 3 heteroatoms. The van der Waals surface area contributed by atoms with Crippen molar-refractivity contribution in [2.45, 2.75) is 25.7 Å². The summed E-state index contributed by atoms with van der Waals surface area (Å²) in [6, 6.07) is 0. The molecule has 0 aromatic heterocycles. The molecule has 82 valence electrons. The zero-order valence-corrected chi connectivity index (χ0v) is 10.1. The maximum Gasteiger partial charge on any atom is 0.149 e. The highest BCUT2D eigenvalue weighted by Crippen LogP contribution is 2.25. The minimum atomic E-state index is 0.381. The maximum atomic E-state index is 11.8. The van der Waals surface area contributed by atoms with Gasteiger partial charge in [0, 0.05) is 18.2 Å². The van der Waals surface area contributed by atoms with Crippen LogP contribution in [0, 0.1) is 5.92 Å². The molecule has 2 nitrogen and oxygen atoms in total. The van der Waals surface area contributed by atoms with E-state index in [4.69, 9.17) is 0 Å². The molecule has 0 bridgehead atoms. The van der Waals surface area contributed by atoms with E-state index in [1.165, 1.54) is 12.8 Å². The van der Waals surface area contributed by atoms with Gasteiger partial charge in [-0.1, -0.05) is 12.8 Å². The van der Waals surface area contributed by atoms with Gasteiger partial charge >= 0.3 is 0 Å². The molecule has 0 spiro atoms. The van der Waals surface area contributed by atoms with E-state index in [1.54, 1.807) is 0 Å². The summed E-state index contributed by atoms with van der Waals surface area (Å²) < 4.78 is 0. The first-order valence-corrected chi connectivity index (χ1v) is 6.83. The highest BCUT2D eigenvalue weighted by atomic mass is 32.2. The number of carbonyl (C=O) groups is 1. The number of ketones is 1. The Morgan fingerprint density at radius 1 is 1.43 bits per heavy atom. The van der Waals surface area contributed by atoms with Gasteiger partial charge in [-0.3, -0.25) is 9.69 Å². The number of nitrogens with zero attached hydrogens (tertiary/aromatic N) is 1. The van der Waals surface area contributed by atoms with Crippen molar-refractivity contribution in [3.05, 3.63) is 0 Å². The number of Topliss-reactive ketones (excluding diaryl/α,β-unsaturated/α-hetero) is 1. The maximum absolute atomic E-state index is 11.8. The largest absolute Gasteiger partial charge is 0.298 e. The first kappa shape index (κ1) is 12.1. The fraction of sp³-hybridized carbons (Fsp3) is 0.909. The van der Waals surface area contributed by atoms with Crippen molar-refractivity contribution in [2.24, 2.45) is 5.92 Å². The highest BCUT2D eigenvalue weighted by molar-refractivity contribution is 7.98. The molecule has 0 aromatic rings. The Morgan fingerprint density at radius 3 is 2.64 bits per heavy atom. The second kappa shape index (κ2) is 6.46. The predicted octanol–water partition coefficient (Wildman–Crippen LogP) is 2.04. The van der Waals surface area contributed by atoms with Crippen molar-refractivity contribution in [1.29, 1.82) is 0 Å². The Hall–Kier alpha value is -0.0200. The van der Waals surface area contributed by atoms with Crippen molar-refractivity contribution < 1.29 is 4.79 Å². The van der Waals surface area contributed by atoms with Crippen molar-refractivity contribution in [3.8, 4) is 0 Å². The van der Waals surface area contributed by atoms with Crippen LogP contribution in [0.3, 0.4) is 0 Å². The van der Waals surface area contributed by atoms with Crippen LogP contribution in [0.25, 0.3) is 0 Å². The van der Waals surface area contributed by atoms with E-state index in [1.807, 2.05) is 18.8 Å². The lowest BCUT2D eigenvalue weighted by molar-refractivity contribution is -0.123. The molecule has 0 radical (unpaired) electrons. The first-order chi connectivity index (χ1) is 6.74. The second-order valence-electron chi connectivity index (χ2n) is 4.18. The quantitative estimate of drug-likeness (QED) is 0.676. The van der Waals surface area contributed by atoms with Gasteiger partial charge in [-0.25, -0.2) is 0 Å². The third-order valence-corrected chi connectivity index (χ3v) is 3.50. The van der Waals surface area contributed by atoms with Gasteiger partial charge in [-0.15, -0.1) is 0 Å². The second-order valence-corrected chi connectivity index (χ2v) is 5.16. The molecule has 1 aliphatic rings. The van der Waals surface area contributed by atoms with Gasteiger partial charge in [0.05, 0.1) is 6.54 Å². The van der Waals surface area contributed by atoms with Gasteiger partial charge in [0.2, 0.25) is 0 Å². The van der Waals surface area contributed by atoms with Crippen LogP contribution in [0.2, 0.25) is 0 Å². The molecular formula is C11H21NOS. The van der Waals surface area contributed by atoms with Crippen LogP contribution in [-0.4, -0.2) is 42.8 Å². The van der Waals surface area contributed by atoms with Crippen LogP contribution in [0.15, 0.2) is 0 Å². The van der Waals surface area contributed by atoms with E-state index >= 15 is 0 Å². The summed E-state index contributed by atoms with van der Waals surface area (Å²) in [5.41, 5.74) is 0. The standard InChI is InChI=1S/C11H21NOS/c1-12(7-8-14-2)9-11(13)10-5-3-4-6-10/h10H,3-9H2,1-2H3. The zero-order chi connectivity index (χ0) is 10.4. The minimum Gasteiger partial charge on any atom is -0.298 e. The Bertz CT molecular complexity index is 178. The smallest absolute Gasteiger partial charge is 0.149 e. The molecule has 0 amide bonds. The number of hydrogen-bond acceptors (Lipinski definition) is 3. The van der Waals surface area contributed by atoms with Gasteiger partial charge in [-0.2, -0.15) is 11.8 Å². The Morgan fingerprint density at radius 2 is 2.07 bits per heavy atom. The summed E-state index contributed by atoms with van der Waals surface area (Å²) in [6.45, 7) is 1.69. The van der Waals surface area contributed by atoms with Crippen molar-refractivity contribution in [2.75, 3.05) is 32.1 Å². The van der Waals surface area contributed by atoms with E-state index in [2.05, 4.69) is 11.2 Å². The predicted molar refractivity (Wildman–Crippen MR) is 62.8 cm³/mol. The van der Waals surface area contributed by atoms with E-state index in [-0.39, 0.29) is 0 Å². The first-order valence-electron chi connectivity index (χ1n) is 5.44. The van der Waals surface area contributed by atoms with Crippen LogP contribution in [0.4, 0.5) is 0 Å². The Labute approximate surface area is 91.4 Å². The lowest BCUT2D eigenvalue weighted by atomic mass is 10.0. The third-order valence-electron chi connectivity index (χ3n) is 2.91. The van der Waals surface area contributed by atoms with E-state index in [9.17, 15) is 4.79 Å². The zero-order valence-electron chi connectivity index (χ0n) is 9.29. The third kappa shape index (κ3) is 4.01. The minimum absolute atomic E-state index is 0.381. The number of rotatable bonds is 6. The molecular weight excluding hydrogens is 194 g/mol. The SMILES string of the molecule is CSCCN(C)CC(=O)C1CCCC1. The average molecular weight is 215 g/mol. The fourth-order valence-electron chi connectivity index (χ4n) is 1.97. The van der Waals surface area contributed by atoms with Gasteiger partial charge in [-0.05, 0) is 26.1 Å². The van der Waals surface area contributed by atoms with E-state index in [0.29, 0.717) is 18.2 Å². The lowest BCUT2D eigenvalue weighted by Gasteiger charge is -2.17. The van der Waals surface area contributed by atoms with Crippen LogP contribution in [-0.2, 0) is 4.79 Å². The number of carbonyl (C=O) groups excluding carboxylic acids is 1. The van der Waals surface area contributed by atoms with E-state index in [0.717, 1.165) is 25.1 Å². The molecule has 1 aliphatic carbocycles. The van der Waals surface area contributed by atoms with Crippen LogP contribution >= 0.6 is 11.8 Å². The number of likely N-dealkylation sites (N-methyl/N-ethyl adjacent to an activating group) is 1. The molecule has 0 heterocycles. The molecule has 1 saturated carbocycles. The molecule has 1 rings (SSSR count). The number of hydrogen-bond donors (Lipinski definition) is 0. The van der Waals surface area contributed by atoms with Gasteiger partial charge < -0.3 is 0 Å². The summed E-state index contributed by atoms with van der Waals surface area (Å²) in [6.07, 6.45) is 6.88. The van der Waals surface area contributed by atoms with E-state index < -0.39 is 0 Å². The molecule has 0 N–H and O–H groups in total. The van der Waals surface area contributed by atoms with Crippen molar-refractivity contribution in [3.63, 3.8) is 0 Å². The summed E-state index contributed by atoms with van der Waals surface area (Å²) in [5, 5.41) is 0. The van der Waals surface area contributed by atoms with Crippen LogP contribution in [0.1, 0.15) is 25.7 Å². The average Bonchev–Trinajstić information content (AvgIpc) is 2.67. The van der Waals surface area contributed by atoms with Crippen LogP contribution in [0.5, 0.6) is 0 Å². The summed E-state index contributed by atoms with van der Waals surface area (Å²) in [5.74, 6) is 1.96. The molecule has 0 atom stereocenters. The van der Waals surface area contributed by atoms with Gasteiger partial charge in [0.15, 0.2) is 0 Å². The molecule has 1 fully saturated rings. The van der Waals surface area contributed by atoms with Gasteiger partial charge in [0.25, 0.3) is 0 Å². The molecule has 0 unspecified atom stereocenters. The monoisotopic (exact) mass is 215 g/mol. The van der Waals surface area contributed by atoms with Crippen molar-refractivity contribution in [1.82, 2.24) is 4.90 Å². The molecule has 0 aliphatic heterocycles. The van der Waals surface area contributed by atoms with Crippen LogP contribution < -0.4 is 0 Å². The highest BCUT2D eigenvalue weighted by Gasteiger charge is 2.22. The molecule has 14 heavy (non-hydrogen) atoms. The summed E-state index contributed by atoms with van der Waals surface area (Å²) in [7, 11) is 2.04. The lowest BCUT2D eigenvalue weighted by Crippen LogP contribution is -2.31. The Kier molecular flexibility index (Phi) is 5.56. The topological polar surface area (TPSA) is 20.3 Å². The Balaban J connectivity index is 2.18. The summed E-state index contributed by atoms with van der Waals surface area (Å²) >= 11 is 1.84. The molecule has 0 saturated heterocycles. The summed E-state index contributed by atoms with van der Waals surface area (Å²) in [4.78, 5) is 13.9. The number of thioether (sulfide) groups is 1. The molecule has 0 aromatic carbocycles. The van der Waals surface area contributed by atoms with Crippen molar-refractivity contribution >= 4 is 17.5 Å². The fourth-order valence-corrected chi connectivity index (χ4v) is 2.46.